The molecule has 2 aromatic rings. The molecule has 2 aliphatic heterocycles. The summed E-state index contributed by atoms with van der Waals surface area (Å²) in [6.07, 6.45) is 3.65. The molecule has 0 bridgehead atoms. The summed E-state index contributed by atoms with van der Waals surface area (Å²) in [5.74, 6) is -0.146. The predicted octanol–water partition coefficient (Wildman–Crippen LogP) is 3.76. The van der Waals surface area contributed by atoms with Crippen molar-refractivity contribution < 1.29 is 13.2 Å². The fourth-order valence-electron chi connectivity index (χ4n) is 4.27. The number of carbonyl (C=O) groups excluding carboxylic acids is 1. The number of piperidine rings is 1. The van der Waals surface area contributed by atoms with E-state index in [0.717, 1.165) is 36.9 Å². The molecule has 0 unspecified atom stereocenters. The van der Waals surface area contributed by atoms with Crippen LogP contribution in [0.4, 0.5) is 5.69 Å². The first-order valence-corrected chi connectivity index (χ1v) is 11.4. The molecule has 0 aliphatic carbocycles. The number of benzene rings is 2. The predicted molar refractivity (Wildman–Crippen MR) is 110 cm³/mol. The zero-order valence-corrected chi connectivity index (χ0v) is 17.2. The summed E-state index contributed by atoms with van der Waals surface area (Å²) in [5, 5.41) is 0. The molecule has 2 aromatic carbocycles. The maximum Gasteiger partial charge on any atom is 0.258 e. The number of fused-ring (bicyclic) bond motifs is 1. The van der Waals surface area contributed by atoms with E-state index in [1.165, 1.54) is 0 Å². The van der Waals surface area contributed by atoms with Gasteiger partial charge in [0.2, 0.25) is 10.0 Å². The van der Waals surface area contributed by atoms with Gasteiger partial charge in [-0.3, -0.25) is 4.79 Å². The van der Waals surface area contributed by atoms with Crippen molar-refractivity contribution in [2.75, 3.05) is 18.0 Å². The molecule has 1 fully saturated rings. The van der Waals surface area contributed by atoms with Crippen molar-refractivity contribution in [3.05, 3.63) is 59.2 Å². The number of aryl methyl sites for hydroxylation is 1. The van der Waals surface area contributed by atoms with Gasteiger partial charge in [0.15, 0.2) is 0 Å². The van der Waals surface area contributed by atoms with Crippen LogP contribution in [0, 0.1) is 6.92 Å². The first-order chi connectivity index (χ1) is 13.4. The molecule has 5 nitrogen and oxygen atoms in total. The normalized spacial score (nSPS) is 20.2. The van der Waals surface area contributed by atoms with Crippen LogP contribution in [0.5, 0.6) is 0 Å². The van der Waals surface area contributed by atoms with Gasteiger partial charge in [0.25, 0.3) is 5.91 Å². The molecule has 2 aliphatic rings. The number of rotatable bonds is 3. The SMILES string of the molecule is Cc1ccc(C(=O)N2c3ccccc3C[C@H]2C)cc1S(=O)(=O)N1CCCCC1. The van der Waals surface area contributed by atoms with E-state index in [1.807, 2.05) is 31.2 Å². The monoisotopic (exact) mass is 398 g/mol. The molecule has 0 aromatic heterocycles. The van der Waals surface area contributed by atoms with Gasteiger partial charge in [-0.2, -0.15) is 4.31 Å². The van der Waals surface area contributed by atoms with E-state index in [-0.39, 0.29) is 16.8 Å². The lowest BCUT2D eigenvalue weighted by atomic mass is 10.1. The van der Waals surface area contributed by atoms with E-state index in [1.54, 1.807) is 34.3 Å². The lowest BCUT2D eigenvalue weighted by Gasteiger charge is -2.27. The van der Waals surface area contributed by atoms with Crippen molar-refractivity contribution in [2.24, 2.45) is 0 Å². The van der Waals surface area contributed by atoms with Gasteiger partial charge in [-0.1, -0.05) is 30.7 Å². The molecule has 1 saturated heterocycles. The molecule has 0 spiro atoms. The summed E-state index contributed by atoms with van der Waals surface area (Å²) in [7, 11) is -3.58. The molecule has 148 valence electrons. The third kappa shape index (κ3) is 3.25. The van der Waals surface area contributed by atoms with Crippen molar-refractivity contribution in [3.8, 4) is 0 Å². The molecular weight excluding hydrogens is 372 g/mol. The molecule has 0 N–H and O–H groups in total. The van der Waals surface area contributed by atoms with Crippen LogP contribution in [0.15, 0.2) is 47.4 Å². The zero-order chi connectivity index (χ0) is 19.9. The van der Waals surface area contributed by atoms with Gasteiger partial charge in [-0.05, 0) is 62.4 Å². The van der Waals surface area contributed by atoms with Crippen LogP contribution in [-0.2, 0) is 16.4 Å². The summed E-state index contributed by atoms with van der Waals surface area (Å²) in [6.45, 7) is 4.92. The van der Waals surface area contributed by atoms with Gasteiger partial charge >= 0.3 is 0 Å². The molecule has 1 atom stereocenters. The first-order valence-electron chi connectivity index (χ1n) is 9.92. The van der Waals surface area contributed by atoms with Crippen LogP contribution in [0.3, 0.4) is 0 Å². The van der Waals surface area contributed by atoms with Crippen molar-refractivity contribution in [1.29, 1.82) is 0 Å². The molecule has 28 heavy (non-hydrogen) atoms. The number of amides is 1. The molecule has 1 amide bonds. The Morgan fingerprint density at radius 3 is 2.50 bits per heavy atom. The highest BCUT2D eigenvalue weighted by Gasteiger charge is 2.33. The van der Waals surface area contributed by atoms with Crippen LogP contribution >= 0.6 is 0 Å². The maximum absolute atomic E-state index is 13.3. The lowest BCUT2D eigenvalue weighted by molar-refractivity contribution is 0.0981. The Kier molecular flexibility index (Phi) is 5.02. The number of carbonyl (C=O) groups is 1. The van der Waals surface area contributed by atoms with Crippen molar-refractivity contribution in [3.63, 3.8) is 0 Å². The Balaban J connectivity index is 1.70. The van der Waals surface area contributed by atoms with Crippen LogP contribution < -0.4 is 4.90 Å². The Morgan fingerprint density at radius 1 is 1.04 bits per heavy atom. The van der Waals surface area contributed by atoms with E-state index < -0.39 is 10.0 Å². The number of hydrogen-bond acceptors (Lipinski definition) is 3. The molecule has 0 radical (unpaired) electrons. The van der Waals surface area contributed by atoms with E-state index in [4.69, 9.17) is 0 Å². The van der Waals surface area contributed by atoms with Crippen molar-refractivity contribution in [2.45, 2.75) is 50.5 Å². The maximum atomic E-state index is 13.3. The van der Waals surface area contributed by atoms with Gasteiger partial charge < -0.3 is 4.90 Å². The number of para-hydroxylation sites is 1. The van der Waals surface area contributed by atoms with Crippen LogP contribution in [0.2, 0.25) is 0 Å². The summed E-state index contributed by atoms with van der Waals surface area (Å²) in [4.78, 5) is 15.3. The smallest absolute Gasteiger partial charge is 0.258 e. The molecule has 2 heterocycles. The highest BCUT2D eigenvalue weighted by Crippen LogP contribution is 2.34. The van der Waals surface area contributed by atoms with Gasteiger partial charge in [0.05, 0.1) is 4.90 Å². The molecule has 0 saturated carbocycles. The Morgan fingerprint density at radius 2 is 1.75 bits per heavy atom. The number of hydrogen-bond donors (Lipinski definition) is 0. The standard InChI is InChI=1S/C22H26N2O3S/c1-16-10-11-19(15-21(16)28(26,27)23-12-6-3-7-13-23)22(25)24-17(2)14-18-8-4-5-9-20(18)24/h4-5,8-11,15,17H,3,6-7,12-14H2,1-2H3/t17-/m1/s1. The molecule has 6 heteroatoms. The Labute approximate surface area is 167 Å². The van der Waals surface area contributed by atoms with E-state index >= 15 is 0 Å². The highest BCUT2D eigenvalue weighted by atomic mass is 32.2. The fourth-order valence-corrected chi connectivity index (χ4v) is 6.04. The summed E-state index contributed by atoms with van der Waals surface area (Å²) in [6, 6.07) is 13.0. The molecular formula is C22H26N2O3S. The minimum Gasteiger partial charge on any atom is -0.305 e. The fraction of sp³-hybridized carbons (Fsp3) is 0.409. The Hall–Kier alpha value is -2.18. The van der Waals surface area contributed by atoms with Gasteiger partial charge in [-0.15, -0.1) is 0 Å². The first kappa shape index (κ1) is 19.2. The van der Waals surface area contributed by atoms with Crippen LogP contribution in [0.25, 0.3) is 0 Å². The van der Waals surface area contributed by atoms with Crippen molar-refractivity contribution in [1.82, 2.24) is 4.31 Å². The third-order valence-corrected chi connectivity index (χ3v) is 7.83. The minimum absolute atomic E-state index is 0.0494. The second-order valence-electron chi connectivity index (χ2n) is 7.80. The van der Waals surface area contributed by atoms with E-state index in [9.17, 15) is 13.2 Å². The topological polar surface area (TPSA) is 57.7 Å². The minimum atomic E-state index is -3.58. The number of anilines is 1. The quantitative estimate of drug-likeness (QED) is 0.791. The van der Waals surface area contributed by atoms with E-state index in [2.05, 4.69) is 0 Å². The van der Waals surface area contributed by atoms with Gasteiger partial charge in [0, 0.05) is 30.4 Å². The average Bonchev–Trinajstić information content (AvgIpc) is 3.04. The summed E-state index contributed by atoms with van der Waals surface area (Å²) in [5.41, 5.74) is 3.17. The number of nitrogens with zero attached hydrogens (tertiary/aromatic N) is 2. The highest BCUT2D eigenvalue weighted by molar-refractivity contribution is 7.89. The average molecular weight is 399 g/mol. The largest absolute Gasteiger partial charge is 0.305 e. The van der Waals surface area contributed by atoms with Crippen molar-refractivity contribution >= 4 is 21.6 Å². The lowest BCUT2D eigenvalue weighted by Crippen LogP contribution is -2.37. The summed E-state index contributed by atoms with van der Waals surface area (Å²) >= 11 is 0. The second kappa shape index (κ2) is 7.33. The van der Waals surface area contributed by atoms with Gasteiger partial charge in [-0.25, -0.2) is 8.42 Å². The second-order valence-corrected chi connectivity index (χ2v) is 9.71. The van der Waals surface area contributed by atoms with Crippen LogP contribution in [-0.4, -0.2) is 37.8 Å². The van der Waals surface area contributed by atoms with Crippen LogP contribution in [0.1, 0.15) is 47.7 Å². The zero-order valence-electron chi connectivity index (χ0n) is 16.4. The van der Waals surface area contributed by atoms with Gasteiger partial charge in [0.1, 0.15) is 0 Å². The Bertz CT molecular complexity index is 1010. The summed E-state index contributed by atoms with van der Waals surface area (Å²) < 4.78 is 27.9. The number of sulfonamides is 1. The molecule has 4 rings (SSSR count). The van der Waals surface area contributed by atoms with E-state index in [0.29, 0.717) is 24.2 Å². The third-order valence-electron chi connectivity index (χ3n) is 5.79.